The van der Waals surface area contributed by atoms with E-state index in [1.807, 2.05) is 37.1 Å². The second-order valence-corrected chi connectivity index (χ2v) is 4.80. The Morgan fingerprint density at radius 2 is 1.94 bits per heavy atom. The van der Waals surface area contributed by atoms with Gasteiger partial charge in [0.15, 0.2) is 0 Å². The Balaban J connectivity index is 2.14. The van der Waals surface area contributed by atoms with Crippen LogP contribution in [0.1, 0.15) is 11.3 Å². The number of rotatable bonds is 3. The third-order valence-electron chi connectivity index (χ3n) is 2.51. The van der Waals surface area contributed by atoms with E-state index in [1.165, 1.54) is 5.56 Å². The summed E-state index contributed by atoms with van der Waals surface area (Å²) in [6.45, 7) is 2.77. The Kier molecular flexibility index (Phi) is 3.74. The van der Waals surface area contributed by atoms with Gasteiger partial charge < -0.3 is 4.90 Å². The summed E-state index contributed by atoms with van der Waals surface area (Å²) in [6.07, 6.45) is 1.79. The van der Waals surface area contributed by atoms with Gasteiger partial charge >= 0.3 is 0 Å². The van der Waals surface area contributed by atoms with Crippen molar-refractivity contribution in [3.63, 3.8) is 0 Å². The molecule has 0 bridgehead atoms. The molecule has 1 aromatic carbocycles. The van der Waals surface area contributed by atoms with Crippen molar-refractivity contribution in [1.82, 2.24) is 9.97 Å². The van der Waals surface area contributed by atoms with Crippen molar-refractivity contribution in [3.05, 3.63) is 52.3 Å². The summed E-state index contributed by atoms with van der Waals surface area (Å²) in [4.78, 5) is 10.8. The van der Waals surface area contributed by atoms with Crippen LogP contribution in [-0.4, -0.2) is 17.0 Å². The van der Waals surface area contributed by atoms with Gasteiger partial charge in [0.2, 0.25) is 5.95 Å². The number of hydrogen-bond acceptors (Lipinski definition) is 3. The molecule has 0 aliphatic heterocycles. The van der Waals surface area contributed by atoms with Crippen LogP contribution in [-0.2, 0) is 6.54 Å². The summed E-state index contributed by atoms with van der Waals surface area (Å²) in [7, 11) is 2.00. The van der Waals surface area contributed by atoms with Crippen LogP contribution in [0.15, 0.2) is 41.0 Å². The summed E-state index contributed by atoms with van der Waals surface area (Å²) in [5, 5.41) is 0. The SMILES string of the molecule is Cc1nc(N(C)Cc2ccccc2)ncc1Br. The van der Waals surface area contributed by atoms with Crippen molar-refractivity contribution >= 4 is 21.9 Å². The molecule has 2 aromatic rings. The molecule has 0 spiro atoms. The minimum absolute atomic E-state index is 0.745. The highest BCUT2D eigenvalue weighted by molar-refractivity contribution is 9.10. The average Bonchev–Trinajstić information content (AvgIpc) is 2.34. The van der Waals surface area contributed by atoms with Gasteiger partial charge in [-0.2, -0.15) is 0 Å². The molecule has 0 saturated heterocycles. The van der Waals surface area contributed by atoms with Crippen LogP contribution in [0.25, 0.3) is 0 Å². The summed E-state index contributed by atoms with van der Waals surface area (Å²) >= 11 is 3.40. The molecule has 0 fully saturated rings. The lowest BCUT2D eigenvalue weighted by Crippen LogP contribution is -2.19. The Hall–Kier alpha value is -1.42. The number of aromatic nitrogens is 2. The molecule has 1 aromatic heterocycles. The first-order valence-electron chi connectivity index (χ1n) is 5.41. The Morgan fingerprint density at radius 1 is 1.24 bits per heavy atom. The second-order valence-electron chi connectivity index (χ2n) is 3.95. The zero-order valence-corrected chi connectivity index (χ0v) is 11.5. The van der Waals surface area contributed by atoms with E-state index in [0.717, 1.165) is 22.7 Å². The van der Waals surface area contributed by atoms with Crippen molar-refractivity contribution in [3.8, 4) is 0 Å². The van der Waals surface area contributed by atoms with Gasteiger partial charge in [0.1, 0.15) is 0 Å². The monoisotopic (exact) mass is 291 g/mol. The maximum atomic E-state index is 4.44. The molecule has 3 nitrogen and oxygen atoms in total. The number of halogens is 1. The van der Waals surface area contributed by atoms with E-state index in [4.69, 9.17) is 0 Å². The molecule has 17 heavy (non-hydrogen) atoms. The lowest BCUT2D eigenvalue weighted by Gasteiger charge is -2.17. The average molecular weight is 292 g/mol. The highest BCUT2D eigenvalue weighted by Crippen LogP contribution is 2.16. The molecule has 0 aliphatic rings. The first-order chi connectivity index (χ1) is 8.16. The maximum Gasteiger partial charge on any atom is 0.225 e. The standard InChI is InChI=1S/C13H14BrN3/c1-10-12(14)8-15-13(16-10)17(2)9-11-6-4-3-5-7-11/h3-8H,9H2,1-2H3. The van der Waals surface area contributed by atoms with Gasteiger partial charge in [0.05, 0.1) is 10.2 Å². The van der Waals surface area contributed by atoms with Crippen molar-refractivity contribution in [1.29, 1.82) is 0 Å². The van der Waals surface area contributed by atoms with Crippen LogP contribution in [0.2, 0.25) is 0 Å². The van der Waals surface area contributed by atoms with Crippen molar-refractivity contribution in [2.75, 3.05) is 11.9 Å². The lowest BCUT2D eigenvalue weighted by atomic mass is 10.2. The number of nitrogens with zero attached hydrogens (tertiary/aromatic N) is 3. The van der Waals surface area contributed by atoms with Crippen LogP contribution in [0.5, 0.6) is 0 Å². The minimum atomic E-state index is 0.745. The van der Waals surface area contributed by atoms with Gasteiger partial charge in [-0.15, -0.1) is 0 Å². The Labute approximate surface area is 110 Å². The molecule has 4 heteroatoms. The Morgan fingerprint density at radius 3 is 2.59 bits per heavy atom. The van der Waals surface area contributed by atoms with E-state index < -0.39 is 0 Å². The summed E-state index contributed by atoms with van der Waals surface area (Å²) in [6, 6.07) is 10.3. The number of anilines is 1. The smallest absolute Gasteiger partial charge is 0.225 e. The fourth-order valence-electron chi connectivity index (χ4n) is 1.55. The predicted molar refractivity (Wildman–Crippen MR) is 73.0 cm³/mol. The third-order valence-corrected chi connectivity index (χ3v) is 3.29. The molecular weight excluding hydrogens is 278 g/mol. The minimum Gasteiger partial charge on any atom is -0.340 e. The molecule has 0 unspecified atom stereocenters. The number of aryl methyl sites for hydroxylation is 1. The van der Waals surface area contributed by atoms with E-state index in [9.17, 15) is 0 Å². The highest BCUT2D eigenvalue weighted by Gasteiger charge is 2.06. The van der Waals surface area contributed by atoms with Gasteiger partial charge in [-0.1, -0.05) is 30.3 Å². The van der Waals surface area contributed by atoms with Gasteiger partial charge in [-0.3, -0.25) is 0 Å². The molecule has 0 radical (unpaired) electrons. The molecule has 0 aliphatic carbocycles. The normalized spacial score (nSPS) is 10.3. The fourth-order valence-corrected chi connectivity index (χ4v) is 1.74. The van der Waals surface area contributed by atoms with Crippen LogP contribution >= 0.6 is 15.9 Å². The zero-order chi connectivity index (χ0) is 12.3. The van der Waals surface area contributed by atoms with E-state index >= 15 is 0 Å². The third kappa shape index (κ3) is 3.03. The van der Waals surface area contributed by atoms with E-state index in [2.05, 4.69) is 38.0 Å². The largest absolute Gasteiger partial charge is 0.340 e. The van der Waals surface area contributed by atoms with Crippen LogP contribution in [0, 0.1) is 6.92 Å². The van der Waals surface area contributed by atoms with Gasteiger partial charge in [0.25, 0.3) is 0 Å². The van der Waals surface area contributed by atoms with Crippen molar-refractivity contribution < 1.29 is 0 Å². The molecule has 0 amide bonds. The molecule has 0 atom stereocenters. The predicted octanol–water partition coefficient (Wildman–Crippen LogP) is 3.18. The Bertz CT molecular complexity index is 499. The number of hydrogen-bond donors (Lipinski definition) is 0. The topological polar surface area (TPSA) is 29.0 Å². The quantitative estimate of drug-likeness (QED) is 0.870. The van der Waals surface area contributed by atoms with Gasteiger partial charge in [-0.05, 0) is 28.4 Å². The molecule has 1 heterocycles. The number of benzene rings is 1. The van der Waals surface area contributed by atoms with E-state index in [-0.39, 0.29) is 0 Å². The summed E-state index contributed by atoms with van der Waals surface area (Å²) in [5.41, 5.74) is 2.20. The van der Waals surface area contributed by atoms with E-state index in [0.29, 0.717) is 0 Å². The molecule has 0 N–H and O–H groups in total. The van der Waals surface area contributed by atoms with Crippen molar-refractivity contribution in [2.45, 2.75) is 13.5 Å². The van der Waals surface area contributed by atoms with Gasteiger partial charge in [0, 0.05) is 19.8 Å². The summed E-state index contributed by atoms with van der Waals surface area (Å²) < 4.78 is 0.939. The fraction of sp³-hybridized carbons (Fsp3) is 0.231. The molecule has 0 saturated carbocycles. The van der Waals surface area contributed by atoms with Crippen LogP contribution in [0.3, 0.4) is 0 Å². The van der Waals surface area contributed by atoms with Crippen molar-refractivity contribution in [2.24, 2.45) is 0 Å². The molecule has 88 valence electrons. The lowest BCUT2D eigenvalue weighted by molar-refractivity contribution is 0.857. The maximum absolute atomic E-state index is 4.44. The van der Waals surface area contributed by atoms with Crippen LogP contribution in [0.4, 0.5) is 5.95 Å². The first-order valence-corrected chi connectivity index (χ1v) is 6.20. The van der Waals surface area contributed by atoms with Gasteiger partial charge in [-0.25, -0.2) is 9.97 Å². The van der Waals surface area contributed by atoms with Crippen LogP contribution < -0.4 is 4.90 Å². The molecule has 2 rings (SSSR count). The second kappa shape index (κ2) is 5.27. The first kappa shape index (κ1) is 12.0. The molecular formula is C13H14BrN3. The summed E-state index contributed by atoms with van der Waals surface area (Å²) in [5.74, 6) is 0.745. The zero-order valence-electron chi connectivity index (χ0n) is 9.89. The van der Waals surface area contributed by atoms with E-state index in [1.54, 1.807) is 6.20 Å². The highest BCUT2D eigenvalue weighted by atomic mass is 79.9.